The average Bonchev–Trinajstić information content (AvgIpc) is 2.36. The minimum absolute atomic E-state index is 0.182. The van der Waals surface area contributed by atoms with Gasteiger partial charge in [-0.25, -0.2) is 4.98 Å². The molecule has 0 unspecified atom stereocenters. The molecule has 0 atom stereocenters. The first-order chi connectivity index (χ1) is 8.24. The van der Waals surface area contributed by atoms with E-state index in [0.29, 0.717) is 0 Å². The van der Waals surface area contributed by atoms with Crippen molar-refractivity contribution >= 4 is 11.8 Å². The van der Waals surface area contributed by atoms with Gasteiger partial charge in [0.1, 0.15) is 12.1 Å². The van der Waals surface area contributed by atoms with Crippen LogP contribution >= 0.6 is 0 Å². The average molecular weight is 233 g/mol. The summed E-state index contributed by atoms with van der Waals surface area (Å²) < 4.78 is 0. The van der Waals surface area contributed by atoms with Gasteiger partial charge in [0.25, 0.3) is 5.91 Å². The molecule has 1 aromatic heterocycles. The molecule has 0 aliphatic rings. The highest BCUT2D eigenvalue weighted by Crippen LogP contribution is 1.88. The van der Waals surface area contributed by atoms with Crippen LogP contribution in [0.4, 0.5) is 0 Å². The maximum atomic E-state index is 11.4. The summed E-state index contributed by atoms with van der Waals surface area (Å²) in [5.41, 5.74) is 0.218. The molecule has 0 spiro atoms. The molecular formula is C10H11N5O2. The van der Waals surface area contributed by atoms with Gasteiger partial charge in [0, 0.05) is 25.5 Å². The summed E-state index contributed by atoms with van der Waals surface area (Å²) in [5, 5.41) is 13.3. The fourth-order valence-corrected chi connectivity index (χ4v) is 1.02. The van der Waals surface area contributed by atoms with Crippen molar-refractivity contribution in [1.82, 2.24) is 20.6 Å². The van der Waals surface area contributed by atoms with Crippen LogP contribution in [0.1, 0.15) is 16.9 Å². The van der Waals surface area contributed by atoms with Gasteiger partial charge in [0.15, 0.2) is 0 Å². The third kappa shape index (κ3) is 4.70. The summed E-state index contributed by atoms with van der Waals surface area (Å²) in [4.78, 5) is 29.9. The molecule has 0 bridgehead atoms. The first kappa shape index (κ1) is 12.6. The molecule has 0 aliphatic heterocycles. The van der Waals surface area contributed by atoms with Crippen molar-refractivity contribution in [3.05, 3.63) is 24.3 Å². The number of nitrogens with one attached hydrogen (secondary N) is 2. The molecule has 1 aromatic rings. The molecule has 7 heteroatoms. The van der Waals surface area contributed by atoms with E-state index in [-0.39, 0.29) is 37.0 Å². The van der Waals surface area contributed by atoms with E-state index < -0.39 is 0 Å². The molecule has 0 aromatic carbocycles. The molecule has 2 N–H and O–H groups in total. The lowest BCUT2D eigenvalue weighted by Gasteiger charge is -2.04. The summed E-state index contributed by atoms with van der Waals surface area (Å²) in [6, 6.07) is 1.73. The Labute approximate surface area is 97.9 Å². The SMILES string of the molecule is N#CCC(=O)NCCNC(=O)c1cnccn1. The van der Waals surface area contributed by atoms with E-state index in [1.807, 2.05) is 0 Å². The maximum Gasteiger partial charge on any atom is 0.271 e. The number of hydrogen-bond acceptors (Lipinski definition) is 5. The largest absolute Gasteiger partial charge is 0.353 e. The van der Waals surface area contributed by atoms with E-state index in [4.69, 9.17) is 5.26 Å². The molecule has 1 heterocycles. The Bertz CT molecular complexity index is 426. The number of aromatic nitrogens is 2. The van der Waals surface area contributed by atoms with Gasteiger partial charge < -0.3 is 10.6 Å². The lowest BCUT2D eigenvalue weighted by atomic mass is 10.4. The first-order valence-electron chi connectivity index (χ1n) is 4.92. The highest BCUT2D eigenvalue weighted by atomic mass is 16.2. The standard InChI is InChI=1S/C10H11N5O2/c11-2-1-9(16)14-5-6-15-10(17)8-7-12-3-4-13-8/h3-4,7H,1,5-6H2,(H,14,16)(H,15,17). The quantitative estimate of drug-likeness (QED) is 0.650. The molecule has 0 saturated carbocycles. The monoisotopic (exact) mass is 233 g/mol. The minimum Gasteiger partial charge on any atom is -0.353 e. The van der Waals surface area contributed by atoms with Gasteiger partial charge in [-0.1, -0.05) is 0 Å². The molecule has 0 saturated heterocycles. The van der Waals surface area contributed by atoms with Crippen molar-refractivity contribution in [3.8, 4) is 6.07 Å². The van der Waals surface area contributed by atoms with Gasteiger partial charge in [0.2, 0.25) is 5.91 Å². The Balaban J connectivity index is 2.22. The molecular weight excluding hydrogens is 222 g/mol. The van der Waals surface area contributed by atoms with E-state index >= 15 is 0 Å². The Morgan fingerprint density at radius 2 is 2.06 bits per heavy atom. The molecule has 0 fully saturated rings. The second-order valence-corrected chi connectivity index (χ2v) is 3.03. The molecule has 1 rings (SSSR count). The molecule has 88 valence electrons. The zero-order valence-electron chi connectivity index (χ0n) is 9.01. The number of rotatable bonds is 5. The van der Waals surface area contributed by atoms with Crippen LogP contribution in [0, 0.1) is 11.3 Å². The Morgan fingerprint density at radius 1 is 1.29 bits per heavy atom. The van der Waals surface area contributed by atoms with Crippen LogP contribution < -0.4 is 10.6 Å². The van der Waals surface area contributed by atoms with E-state index in [9.17, 15) is 9.59 Å². The van der Waals surface area contributed by atoms with E-state index in [1.54, 1.807) is 6.07 Å². The van der Waals surface area contributed by atoms with Crippen LogP contribution in [0.3, 0.4) is 0 Å². The number of hydrogen-bond donors (Lipinski definition) is 2. The topological polar surface area (TPSA) is 108 Å². The number of carbonyl (C=O) groups excluding carboxylic acids is 2. The highest BCUT2D eigenvalue weighted by Gasteiger charge is 2.05. The predicted octanol–water partition coefficient (Wildman–Crippen LogP) is -0.764. The van der Waals surface area contributed by atoms with E-state index in [2.05, 4.69) is 20.6 Å². The lowest BCUT2D eigenvalue weighted by Crippen LogP contribution is -2.34. The van der Waals surface area contributed by atoms with Crippen LogP contribution in [0.25, 0.3) is 0 Å². The minimum atomic E-state index is -0.360. The third-order valence-corrected chi connectivity index (χ3v) is 1.77. The second kappa shape index (κ2) is 6.90. The van der Waals surface area contributed by atoms with Crippen LogP contribution in [-0.4, -0.2) is 34.9 Å². The smallest absolute Gasteiger partial charge is 0.271 e. The summed E-state index contributed by atoms with van der Waals surface area (Å²) in [6.07, 6.45) is 4.06. The molecule has 7 nitrogen and oxygen atoms in total. The summed E-state index contributed by atoms with van der Waals surface area (Å²) in [6.45, 7) is 0.541. The molecule has 17 heavy (non-hydrogen) atoms. The fourth-order valence-electron chi connectivity index (χ4n) is 1.02. The summed E-state index contributed by atoms with van der Waals surface area (Å²) >= 11 is 0. The lowest BCUT2D eigenvalue weighted by molar-refractivity contribution is -0.120. The van der Waals surface area contributed by atoms with Crippen molar-refractivity contribution in [2.45, 2.75) is 6.42 Å². The number of carbonyl (C=O) groups is 2. The van der Waals surface area contributed by atoms with Crippen molar-refractivity contribution in [2.24, 2.45) is 0 Å². The Hall–Kier alpha value is -2.49. The predicted molar refractivity (Wildman–Crippen MR) is 57.6 cm³/mol. The summed E-state index contributed by atoms with van der Waals surface area (Å²) in [5.74, 6) is -0.714. The second-order valence-electron chi connectivity index (χ2n) is 3.03. The van der Waals surface area contributed by atoms with Crippen LogP contribution in [-0.2, 0) is 4.79 Å². The van der Waals surface area contributed by atoms with Gasteiger partial charge in [-0.05, 0) is 0 Å². The number of nitriles is 1. The summed E-state index contributed by atoms with van der Waals surface area (Å²) in [7, 11) is 0. The van der Waals surface area contributed by atoms with Gasteiger partial charge in [-0.3, -0.25) is 14.6 Å². The van der Waals surface area contributed by atoms with Crippen molar-refractivity contribution in [1.29, 1.82) is 5.26 Å². The highest BCUT2D eigenvalue weighted by molar-refractivity contribution is 5.91. The van der Waals surface area contributed by atoms with Crippen molar-refractivity contribution in [2.75, 3.05) is 13.1 Å². The normalized spacial score (nSPS) is 9.12. The number of amides is 2. The van der Waals surface area contributed by atoms with Crippen molar-refractivity contribution in [3.63, 3.8) is 0 Å². The zero-order chi connectivity index (χ0) is 12.5. The number of nitrogens with zero attached hydrogens (tertiary/aromatic N) is 3. The van der Waals surface area contributed by atoms with Gasteiger partial charge in [-0.2, -0.15) is 5.26 Å². The molecule has 2 amide bonds. The zero-order valence-corrected chi connectivity index (χ0v) is 9.01. The maximum absolute atomic E-state index is 11.4. The van der Waals surface area contributed by atoms with E-state index in [0.717, 1.165) is 0 Å². The Kier molecular flexibility index (Phi) is 5.10. The van der Waals surface area contributed by atoms with E-state index in [1.165, 1.54) is 18.6 Å². The third-order valence-electron chi connectivity index (χ3n) is 1.77. The molecule has 0 radical (unpaired) electrons. The fraction of sp³-hybridized carbons (Fsp3) is 0.300. The first-order valence-corrected chi connectivity index (χ1v) is 4.92. The van der Waals surface area contributed by atoms with Crippen molar-refractivity contribution < 1.29 is 9.59 Å². The van der Waals surface area contributed by atoms with Gasteiger partial charge >= 0.3 is 0 Å². The van der Waals surface area contributed by atoms with Gasteiger partial charge in [-0.15, -0.1) is 0 Å². The van der Waals surface area contributed by atoms with Crippen LogP contribution in [0.15, 0.2) is 18.6 Å². The van der Waals surface area contributed by atoms with Crippen LogP contribution in [0.2, 0.25) is 0 Å². The Morgan fingerprint density at radius 3 is 2.71 bits per heavy atom. The van der Waals surface area contributed by atoms with Gasteiger partial charge in [0.05, 0.1) is 12.3 Å². The molecule has 0 aliphatic carbocycles. The van der Waals surface area contributed by atoms with Crippen LogP contribution in [0.5, 0.6) is 0 Å².